The Morgan fingerprint density at radius 3 is 2.48 bits per heavy atom. The molecule has 0 saturated heterocycles. The zero-order valence-electron chi connectivity index (χ0n) is 13.0. The molecule has 6 nitrogen and oxygen atoms in total. The number of nitrogens with one attached hydrogen (secondary N) is 1. The summed E-state index contributed by atoms with van der Waals surface area (Å²) < 4.78 is 5.48. The van der Waals surface area contributed by atoms with Gasteiger partial charge in [0.2, 0.25) is 5.91 Å². The zero-order chi connectivity index (χ0) is 16.8. The molecule has 0 saturated carbocycles. The number of amides is 1. The lowest BCUT2D eigenvalue weighted by atomic mass is 10.00. The summed E-state index contributed by atoms with van der Waals surface area (Å²) in [4.78, 5) is 22.6. The van der Waals surface area contributed by atoms with Crippen molar-refractivity contribution >= 4 is 17.3 Å². The van der Waals surface area contributed by atoms with Crippen LogP contribution in [0.2, 0.25) is 0 Å². The highest BCUT2D eigenvalue weighted by Gasteiger charge is 2.18. The SMILES string of the molecule is CCOc1ccccc1NC(=O)[C@H](C)c1ccc([N+](=O)[O-])cc1. The standard InChI is InChI=1S/C17H18N2O4/c1-3-23-16-7-5-4-6-15(16)18-17(20)12(2)13-8-10-14(11-9-13)19(21)22/h4-12H,3H2,1-2H3,(H,18,20)/t12-/m1/s1. The lowest BCUT2D eigenvalue weighted by Crippen LogP contribution is -2.19. The summed E-state index contributed by atoms with van der Waals surface area (Å²) >= 11 is 0. The van der Waals surface area contributed by atoms with Crippen LogP contribution >= 0.6 is 0 Å². The molecular weight excluding hydrogens is 296 g/mol. The fraction of sp³-hybridized carbons (Fsp3) is 0.235. The number of para-hydroxylation sites is 2. The second-order valence-corrected chi connectivity index (χ2v) is 4.99. The molecule has 2 aromatic rings. The number of carbonyl (C=O) groups is 1. The van der Waals surface area contributed by atoms with Gasteiger partial charge in [-0.2, -0.15) is 0 Å². The molecule has 6 heteroatoms. The van der Waals surface area contributed by atoms with Gasteiger partial charge in [-0.3, -0.25) is 14.9 Å². The van der Waals surface area contributed by atoms with Crippen molar-refractivity contribution in [2.24, 2.45) is 0 Å². The molecule has 1 atom stereocenters. The van der Waals surface area contributed by atoms with E-state index < -0.39 is 10.8 Å². The van der Waals surface area contributed by atoms with Crippen molar-refractivity contribution in [2.75, 3.05) is 11.9 Å². The van der Waals surface area contributed by atoms with Crippen LogP contribution in [0.5, 0.6) is 5.75 Å². The predicted octanol–water partition coefficient (Wildman–Crippen LogP) is 3.74. The third kappa shape index (κ3) is 4.06. The predicted molar refractivity (Wildman–Crippen MR) is 87.8 cm³/mol. The Morgan fingerprint density at radius 2 is 1.87 bits per heavy atom. The zero-order valence-corrected chi connectivity index (χ0v) is 13.0. The summed E-state index contributed by atoms with van der Waals surface area (Å²) in [5.74, 6) is -0.0317. The highest BCUT2D eigenvalue weighted by Crippen LogP contribution is 2.26. The normalized spacial score (nSPS) is 11.6. The number of nitro groups is 1. The summed E-state index contributed by atoms with van der Waals surface area (Å²) in [6.45, 7) is 4.13. The molecule has 23 heavy (non-hydrogen) atoms. The largest absolute Gasteiger partial charge is 0.492 e. The summed E-state index contributed by atoms with van der Waals surface area (Å²) in [6, 6.07) is 13.2. The van der Waals surface area contributed by atoms with Crippen molar-refractivity contribution in [2.45, 2.75) is 19.8 Å². The van der Waals surface area contributed by atoms with Crippen molar-refractivity contribution in [3.05, 3.63) is 64.2 Å². The monoisotopic (exact) mass is 314 g/mol. The molecule has 2 aromatic carbocycles. The van der Waals surface area contributed by atoms with E-state index in [1.807, 2.05) is 19.1 Å². The van der Waals surface area contributed by atoms with E-state index in [1.54, 1.807) is 31.2 Å². The molecule has 0 aliphatic carbocycles. The Kier molecular flexibility index (Phi) is 5.30. The quantitative estimate of drug-likeness (QED) is 0.650. The maximum absolute atomic E-state index is 12.4. The average molecular weight is 314 g/mol. The fourth-order valence-corrected chi connectivity index (χ4v) is 2.13. The third-order valence-corrected chi connectivity index (χ3v) is 3.44. The molecule has 120 valence electrons. The van der Waals surface area contributed by atoms with Gasteiger partial charge in [-0.05, 0) is 31.5 Å². The van der Waals surface area contributed by atoms with Gasteiger partial charge in [0, 0.05) is 12.1 Å². The Labute approximate surface area is 134 Å². The van der Waals surface area contributed by atoms with E-state index in [2.05, 4.69) is 5.32 Å². The van der Waals surface area contributed by atoms with Crippen LogP contribution < -0.4 is 10.1 Å². The number of hydrogen-bond acceptors (Lipinski definition) is 4. The summed E-state index contributed by atoms with van der Waals surface area (Å²) in [7, 11) is 0. The van der Waals surface area contributed by atoms with Crippen LogP contribution in [0, 0.1) is 10.1 Å². The van der Waals surface area contributed by atoms with E-state index >= 15 is 0 Å². The number of anilines is 1. The Morgan fingerprint density at radius 1 is 1.22 bits per heavy atom. The van der Waals surface area contributed by atoms with Crippen LogP contribution in [-0.2, 0) is 4.79 Å². The first-order chi connectivity index (χ1) is 11.0. The first-order valence-electron chi connectivity index (χ1n) is 7.30. The van der Waals surface area contributed by atoms with Crippen molar-refractivity contribution in [3.8, 4) is 5.75 Å². The van der Waals surface area contributed by atoms with Gasteiger partial charge in [0.05, 0.1) is 23.1 Å². The van der Waals surface area contributed by atoms with E-state index in [-0.39, 0.29) is 11.6 Å². The van der Waals surface area contributed by atoms with Crippen molar-refractivity contribution < 1.29 is 14.5 Å². The Hall–Kier alpha value is -2.89. The Balaban J connectivity index is 2.12. The number of non-ortho nitro benzene ring substituents is 1. The highest BCUT2D eigenvalue weighted by molar-refractivity contribution is 5.96. The van der Waals surface area contributed by atoms with E-state index in [0.717, 1.165) is 0 Å². The van der Waals surface area contributed by atoms with Crippen LogP contribution in [0.25, 0.3) is 0 Å². The maximum atomic E-state index is 12.4. The maximum Gasteiger partial charge on any atom is 0.269 e. The van der Waals surface area contributed by atoms with Gasteiger partial charge < -0.3 is 10.1 Å². The molecule has 0 heterocycles. The second kappa shape index (κ2) is 7.40. The van der Waals surface area contributed by atoms with Gasteiger partial charge in [0.15, 0.2) is 0 Å². The first kappa shape index (κ1) is 16.5. The minimum Gasteiger partial charge on any atom is -0.492 e. The van der Waals surface area contributed by atoms with Gasteiger partial charge >= 0.3 is 0 Å². The van der Waals surface area contributed by atoms with Crippen molar-refractivity contribution in [1.29, 1.82) is 0 Å². The molecular formula is C17H18N2O4. The van der Waals surface area contributed by atoms with Gasteiger partial charge in [-0.1, -0.05) is 24.3 Å². The molecule has 0 bridgehead atoms. The summed E-state index contributed by atoms with van der Waals surface area (Å²) in [6.07, 6.45) is 0. The number of benzene rings is 2. The van der Waals surface area contributed by atoms with Gasteiger partial charge in [-0.15, -0.1) is 0 Å². The van der Waals surface area contributed by atoms with Crippen LogP contribution in [0.3, 0.4) is 0 Å². The van der Waals surface area contributed by atoms with Crippen LogP contribution in [0.1, 0.15) is 25.3 Å². The highest BCUT2D eigenvalue weighted by atomic mass is 16.6. The minimum absolute atomic E-state index is 0.00282. The van der Waals surface area contributed by atoms with Crippen LogP contribution in [-0.4, -0.2) is 17.4 Å². The molecule has 0 spiro atoms. The second-order valence-electron chi connectivity index (χ2n) is 4.99. The van der Waals surface area contributed by atoms with Crippen molar-refractivity contribution in [1.82, 2.24) is 0 Å². The van der Waals surface area contributed by atoms with Crippen LogP contribution in [0.4, 0.5) is 11.4 Å². The lowest BCUT2D eigenvalue weighted by Gasteiger charge is -2.15. The number of rotatable bonds is 6. The van der Waals surface area contributed by atoms with E-state index in [1.165, 1.54) is 12.1 Å². The number of ether oxygens (including phenoxy) is 1. The molecule has 0 aliphatic rings. The van der Waals surface area contributed by atoms with Gasteiger partial charge in [0.25, 0.3) is 5.69 Å². The molecule has 0 aromatic heterocycles. The topological polar surface area (TPSA) is 81.5 Å². The van der Waals surface area contributed by atoms with E-state index in [4.69, 9.17) is 4.74 Å². The minimum atomic E-state index is -0.465. The smallest absolute Gasteiger partial charge is 0.269 e. The Bertz CT molecular complexity index is 698. The molecule has 0 fully saturated rings. The molecule has 1 amide bonds. The molecule has 1 N–H and O–H groups in total. The number of hydrogen-bond donors (Lipinski definition) is 1. The van der Waals surface area contributed by atoms with Gasteiger partial charge in [-0.25, -0.2) is 0 Å². The van der Waals surface area contributed by atoms with Crippen LogP contribution in [0.15, 0.2) is 48.5 Å². The molecule has 0 radical (unpaired) electrons. The third-order valence-electron chi connectivity index (χ3n) is 3.44. The van der Waals surface area contributed by atoms with Gasteiger partial charge in [0.1, 0.15) is 5.75 Å². The fourth-order valence-electron chi connectivity index (χ4n) is 2.13. The van der Waals surface area contributed by atoms with Crippen molar-refractivity contribution in [3.63, 3.8) is 0 Å². The molecule has 2 rings (SSSR count). The molecule has 0 aliphatic heterocycles. The first-order valence-corrected chi connectivity index (χ1v) is 7.30. The molecule has 0 unspecified atom stereocenters. The number of nitro benzene ring substituents is 1. The van der Waals surface area contributed by atoms with E-state index in [0.29, 0.717) is 23.6 Å². The lowest BCUT2D eigenvalue weighted by molar-refractivity contribution is -0.384. The number of carbonyl (C=O) groups excluding carboxylic acids is 1. The summed E-state index contributed by atoms with van der Waals surface area (Å²) in [5, 5.41) is 13.5. The average Bonchev–Trinajstić information content (AvgIpc) is 2.56. The summed E-state index contributed by atoms with van der Waals surface area (Å²) in [5.41, 5.74) is 1.32. The number of nitrogens with zero attached hydrogens (tertiary/aromatic N) is 1. The van der Waals surface area contributed by atoms with E-state index in [9.17, 15) is 14.9 Å².